The molecule has 0 unspecified atom stereocenters. The number of nitrogens with one attached hydrogen (secondary N) is 1. The van der Waals surface area contributed by atoms with E-state index >= 15 is 0 Å². The van der Waals surface area contributed by atoms with Gasteiger partial charge in [0.15, 0.2) is 11.5 Å². The van der Waals surface area contributed by atoms with Crippen molar-refractivity contribution >= 4 is 22.6 Å². The summed E-state index contributed by atoms with van der Waals surface area (Å²) in [6.45, 7) is 1.04. The van der Waals surface area contributed by atoms with Gasteiger partial charge in [-0.3, -0.25) is 9.36 Å². The third-order valence-electron chi connectivity index (χ3n) is 4.64. The summed E-state index contributed by atoms with van der Waals surface area (Å²) in [5, 5.41) is 2.90. The largest absolute Gasteiger partial charge is 0.486 e. The summed E-state index contributed by atoms with van der Waals surface area (Å²) in [4.78, 5) is 17.1. The zero-order chi connectivity index (χ0) is 18.9. The van der Waals surface area contributed by atoms with Crippen LogP contribution in [0.3, 0.4) is 0 Å². The molecule has 1 aliphatic heterocycles. The van der Waals surface area contributed by atoms with Crippen molar-refractivity contribution in [1.82, 2.24) is 9.55 Å². The fourth-order valence-corrected chi connectivity index (χ4v) is 3.27. The highest BCUT2D eigenvalue weighted by molar-refractivity contribution is 6.06. The van der Waals surface area contributed by atoms with Crippen molar-refractivity contribution < 1.29 is 14.3 Å². The minimum atomic E-state index is -0.201. The SMILES string of the molecule is O=C(Nc1ccc2c(c1)OCCO2)c1ccc2c(c1)ncn2-c1ccccc1. The highest BCUT2D eigenvalue weighted by atomic mass is 16.6. The molecule has 1 aromatic heterocycles. The number of hydrogen-bond acceptors (Lipinski definition) is 4. The van der Waals surface area contributed by atoms with Crippen LogP contribution in [0.5, 0.6) is 11.5 Å². The van der Waals surface area contributed by atoms with Crippen LogP contribution in [0.1, 0.15) is 10.4 Å². The van der Waals surface area contributed by atoms with Gasteiger partial charge in [0.2, 0.25) is 0 Å². The van der Waals surface area contributed by atoms with E-state index in [2.05, 4.69) is 10.3 Å². The van der Waals surface area contributed by atoms with Crippen LogP contribution in [-0.4, -0.2) is 28.7 Å². The number of ether oxygens (including phenoxy) is 2. The van der Waals surface area contributed by atoms with Gasteiger partial charge < -0.3 is 14.8 Å². The van der Waals surface area contributed by atoms with E-state index in [1.54, 1.807) is 36.7 Å². The Labute approximate surface area is 161 Å². The van der Waals surface area contributed by atoms with Crippen LogP contribution >= 0.6 is 0 Å². The van der Waals surface area contributed by atoms with Crippen LogP contribution in [0.4, 0.5) is 5.69 Å². The lowest BCUT2D eigenvalue weighted by molar-refractivity contribution is 0.102. The monoisotopic (exact) mass is 371 g/mol. The summed E-state index contributed by atoms with van der Waals surface area (Å²) in [5.41, 5.74) is 3.93. The van der Waals surface area contributed by atoms with E-state index in [9.17, 15) is 4.79 Å². The third-order valence-corrected chi connectivity index (χ3v) is 4.64. The van der Waals surface area contributed by atoms with Crippen LogP contribution in [0, 0.1) is 0 Å². The van der Waals surface area contributed by atoms with Gasteiger partial charge >= 0.3 is 0 Å². The van der Waals surface area contributed by atoms with Gasteiger partial charge in [0.25, 0.3) is 5.91 Å². The quantitative estimate of drug-likeness (QED) is 0.590. The number of nitrogens with zero attached hydrogens (tertiary/aromatic N) is 2. The summed E-state index contributed by atoms with van der Waals surface area (Å²) >= 11 is 0. The van der Waals surface area contributed by atoms with Crippen molar-refractivity contribution in [2.75, 3.05) is 18.5 Å². The van der Waals surface area contributed by atoms with Crippen molar-refractivity contribution in [2.45, 2.75) is 0 Å². The van der Waals surface area contributed by atoms with Gasteiger partial charge in [-0.05, 0) is 42.5 Å². The normalized spacial score (nSPS) is 12.7. The second-order valence-electron chi connectivity index (χ2n) is 6.47. The minimum absolute atomic E-state index is 0.201. The molecule has 6 heteroatoms. The van der Waals surface area contributed by atoms with Crippen molar-refractivity contribution in [3.05, 3.63) is 78.6 Å². The summed E-state index contributed by atoms with van der Waals surface area (Å²) in [5.74, 6) is 1.13. The molecule has 0 saturated carbocycles. The Balaban J connectivity index is 1.41. The fraction of sp³-hybridized carbons (Fsp3) is 0.0909. The lowest BCUT2D eigenvalue weighted by Gasteiger charge is -2.19. The molecule has 1 N–H and O–H groups in total. The number of fused-ring (bicyclic) bond motifs is 2. The standard InChI is InChI=1S/C22H17N3O3/c26-22(24-16-7-9-20-21(13-16)28-11-10-27-20)15-6-8-19-18(12-15)23-14-25(19)17-4-2-1-3-5-17/h1-9,12-14H,10-11H2,(H,24,26). The van der Waals surface area contributed by atoms with Crippen molar-refractivity contribution in [3.63, 3.8) is 0 Å². The molecular formula is C22H17N3O3. The first kappa shape index (κ1) is 16.4. The van der Waals surface area contributed by atoms with Gasteiger partial charge in [0, 0.05) is 23.0 Å². The van der Waals surface area contributed by atoms with Crippen molar-refractivity contribution in [3.8, 4) is 17.2 Å². The number of imidazole rings is 1. The van der Waals surface area contributed by atoms with Gasteiger partial charge in [0.1, 0.15) is 19.5 Å². The lowest BCUT2D eigenvalue weighted by atomic mass is 10.1. The molecular weight excluding hydrogens is 354 g/mol. The van der Waals surface area contributed by atoms with Crippen LogP contribution in [0.25, 0.3) is 16.7 Å². The number of hydrogen-bond donors (Lipinski definition) is 1. The molecule has 0 atom stereocenters. The predicted molar refractivity (Wildman–Crippen MR) is 106 cm³/mol. The molecule has 3 aromatic carbocycles. The van der Waals surface area contributed by atoms with Gasteiger partial charge in [-0.2, -0.15) is 0 Å². The first-order valence-electron chi connectivity index (χ1n) is 9.01. The predicted octanol–water partition coefficient (Wildman–Crippen LogP) is 4.05. The average Bonchev–Trinajstić information content (AvgIpc) is 3.17. The number of rotatable bonds is 3. The van der Waals surface area contributed by atoms with Crippen LogP contribution < -0.4 is 14.8 Å². The van der Waals surface area contributed by atoms with Gasteiger partial charge in [-0.1, -0.05) is 18.2 Å². The molecule has 0 radical (unpaired) electrons. The summed E-state index contributed by atoms with van der Waals surface area (Å²) in [6, 6.07) is 20.9. The summed E-state index contributed by atoms with van der Waals surface area (Å²) in [7, 11) is 0. The molecule has 0 aliphatic carbocycles. The van der Waals surface area contributed by atoms with E-state index in [1.165, 1.54) is 0 Å². The van der Waals surface area contributed by atoms with Gasteiger partial charge in [-0.25, -0.2) is 4.98 Å². The second-order valence-corrected chi connectivity index (χ2v) is 6.47. The molecule has 4 aromatic rings. The van der Waals surface area contributed by atoms with E-state index in [0.717, 1.165) is 16.7 Å². The average molecular weight is 371 g/mol. The zero-order valence-electron chi connectivity index (χ0n) is 15.0. The van der Waals surface area contributed by atoms with Crippen molar-refractivity contribution in [1.29, 1.82) is 0 Å². The number of carbonyl (C=O) groups excluding carboxylic acids is 1. The topological polar surface area (TPSA) is 65.4 Å². The van der Waals surface area contributed by atoms with Gasteiger partial charge in [0.05, 0.1) is 11.0 Å². The summed E-state index contributed by atoms with van der Waals surface area (Å²) < 4.78 is 13.1. The van der Waals surface area contributed by atoms with E-state index in [-0.39, 0.29) is 5.91 Å². The Kier molecular flexibility index (Phi) is 3.94. The molecule has 5 rings (SSSR count). The molecule has 0 bridgehead atoms. The number of aromatic nitrogens is 2. The summed E-state index contributed by atoms with van der Waals surface area (Å²) in [6.07, 6.45) is 1.77. The van der Waals surface area contributed by atoms with Gasteiger partial charge in [-0.15, -0.1) is 0 Å². The molecule has 28 heavy (non-hydrogen) atoms. The molecule has 0 spiro atoms. The Hall–Kier alpha value is -3.80. The molecule has 2 heterocycles. The maximum absolute atomic E-state index is 12.7. The first-order valence-corrected chi connectivity index (χ1v) is 9.01. The van der Waals surface area contributed by atoms with E-state index in [4.69, 9.17) is 9.47 Å². The highest BCUT2D eigenvalue weighted by Crippen LogP contribution is 2.32. The van der Waals surface area contributed by atoms with E-state index < -0.39 is 0 Å². The van der Waals surface area contributed by atoms with E-state index in [0.29, 0.717) is 36.0 Å². The second kappa shape index (κ2) is 6.74. The smallest absolute Gasteiger partial charge is 0.255 e. The van der Waals surface area contributed by atoms with Crippen molar-refractivity contribution in [2.24, 2.45) is 0 Å². The van der Waals surface area contributed by atoms with E-state index in [1.807, 2.05) is 41.0 Å². The Morgan fingerprint density at radius 2 is 1.75 bits per heavy atom. The number of anilines is 1. The van der Waals surface area contributed by atoms with Crippen LogP contribution in [-0.2, 0) is 0 Å². The minimum Gasteiger partial charge on any atom is -0.486 e. The molecule has 1 amide bonds. The van der Waals surface area contributed by atoms with Crippen LogP contribution in [0.2, 0.25) is 0 Å². The molecule has 1 aliphatic rings. The molecule has 138 valence electrons. The number of amides is 1. The Morgan fingerprint density at radius 3 is 2.61 bits per heavy atom. The highest BCUT2D eigenvalue weighted by Gasteiger charge is 2.14. The Morgan fingerprint density at radius 1 is 0.929 bits per heavy atom. The number of carbonyl (C=O) groups is 1. The zero-order valence-corrected chi connectivity index (χ0v) is 15.0. The number of benzene rings is 3. The number of para-hydroxylation sites is 1. The molecule has 6 nitrogen and oxygen atoms in total. The maximum atomic E-state index is 12.7. The lowest BCUT2D eigenvalue weighted by Crippen LogP contribution is -2.16. The maximum Gasteiger partial charge on any atom is 0.255 e. The molecule has 0 fully saturated rings. The van der Waals surface area contributed by atoms with Crippen LogP contribution in [0.15, 0.2) is 73.1 Å². The fourth-order valence-electron chi connectivity index (χ4n) is 3.27. The third kappa shape index (κ3) is 2.95. The molecule has 0 saturated heterocycles. The first-order chi connectivity index (χ1) is 13.8. The Bertz CT molecular complexity index is 1170.